The maximum absolute atomic E-state index is 10.6. The third-order valence-corrected chi connectivity index (χ3v) is 2.08. The monoisotopic (exact) mass is 160 g/mol. The van der Waals surface area contributed by atoms with Gasteiger partial charge in [-0.15, -0.1) is 0 Å². The number of Topliss-reactive ketones (excluding diaryl/α,β-unsaturated/α-hetero) is 1. The molecule has 10 heavy (non-hydrogen) atoms. The van der Waals surface area contributed by atoms with Crippen LogP contribution in [-0.2, 0) is 15.7 Å². The van der Waals surface area contributed by atoms with Gasteiger partial charge in [-0.05, 0) is 17.4 Å². The number of hydrogen-bond donors (Lipinski definition) is 0. The molecule has 1 aliphatic heterocycles. The zero-order chi connectivity index (χ0) is 7.56. The normalized spacial score (nSPS) is 23.0. The van der Waals surface area contributed by atoms with E-state index in [2.05, 4.69) is 14.9 Å². The van der Waals surface area contributed by atoms with Gasteiger partial charge in [-0.25, -0.2) is 4.41 Å². The van der Waals surface area contributed by atoms with E-state index in [0.717, 1.165) is 0 Å². The first-order chi connectivity index (χ1) is 4.70. The van der Waals surface area contributed by atoms with Crippen LogP contribution in [0.15, 0.2) is 14.9 Å². The molecule has 0 N–H and O–H groups in total. The molecule has 0 saturated carbocycles. The lowest BCUT2D eigenvalue weighted by atomic mass is 10.5. The van der Waals surface area contributed by atoms with Crippen molar-refractivity contribution in [2.45, 2.75) is 6.92 Å². The van der Waals surface area contributed by atoms with Crippen LogP contribution in [0.3, 0.4) is 0 Å². The summed E-state index contributed by atoms with van der Waals surface area (Å²) in [6, 6.07) is 0. The Morgan fingerprint density at radius 3 is 2.80 bits per heavy atom. The Bertz CT molecular complexity index is 211. The SMILES string of the molecule is CC(=O)CN1N=NN=S1C. The fourth-order valence-electron chi connectivity index (χ4n) is 0.524. The van der Waals surface area contributed by atoms with Crippen molar-refractivity contribution in [3.8, 4) is 0 Å². The van der Waals surface area contributed by atoms with E-state index in [1.165, 1.54) is 6.92 Å². The van der Waals surface area contributed by atoms with Gasteiger partial charge in [0.15, 0.2) is 5.78 Å². The number of hydrogen-bond acceptors (Lipinski definition) is 5. The van der Waals surface area contributed by atoms with Gasteiger partial charge in [0, 0.05) is 17.1 Å². The second kappa shape index (κ2) is 2.87. The fourth-order valence-corrected chi connectivity index (χ4v) is 1.25. The number of carbonyl (C=O) groups excluding carboxylic acids is 1. The minimum Gasteiger partial charge on any atom is -0.298 e. The third kappa shape index (κ3) is 1.60. The second-order valence-corrected chi connectivity index (χ2v) is 3.40. The summed E-state index contributed by atoms with van der Waals surface area (Å²) in [5.41, 5.74) is 0. The van der Waals surface area contributed by atoms with Crippen LogP contribution in [0.5, 0.6) is 0 Å². The molecule has 0 saturated heterocycles. The molecule has 0 aromatic heterocycles. The molecule has 1 unspecified atom stereocenters. The molecule has 1 rings (SSSR count). The molecular weight excluding hydrogens is 152 g/mol. The summed E-state index contributed by atoms with van der Waals surface area (Å²) in [5, 5.41) is 7.07. The molecule has 0 radical (unpaired) electrons. The standard InChI is InChI=1S/C4H8N4OS/c1-4(9)3-8-6-5-7-10(8)2/h3H2,1-2H3. The van der Waals surface area contributed by atoms with E-state index in [0.29, 0.717) is 6.54 Å². The zero-order valence-electron chi connectivity index (χ0n) is 5.81. The van der Waals surface area contributed by atoms with Crippen LogP contribution < -0.4 is 0 Å². The third-order valence-electron chi connectivity index (χ3n) is 0.957. The average molecular weight is 160 g/mol. The van der Waals surface area contributed by atoms with Crippen LogP contribution >= 0.6 is 0 Å². The van der Waals surface area contributed by atoms with Crippen LogP contribution in [0.4, 0.5) is 0 Å². The summed E-state index contributed by atoms with van der Waals surface area (Å²) in [4.78, 5) is 10.6. The molecule has 0 aromatic rings. The van der Waals surface area contributed by atoms with Gasteiger partial charge in [0.1, 0.15) is 6.54 Å². The Kier molecular flexibility index (Phi) is 2.10. The number of ketones is 1. The lowest BCUT2D eigenvalue weighted by molar-refractivity contribution is -0.117. The van der Waals surface area contributed by atoms with Gasteiger partial charge < -0.3 is 0 Å². The van der Waals surface area contributed by atoms with Gasteiger partial charge in [-0.2, -0.15) is 0 Å². The van der Waals surface area contributed by atoms with Gasteiger partial charge in [-0.1, -0.05) is 4.47 Å². The van der Waals surface area contributed by atoms with Gasteiger partial charge in [-0.3, -0.25) is 4.79 Å². The van der Waals surface area contributed by atoms with Gasteiger partial charge in [0.05, 0.1) is 0 Å². The molecule has 0 aromatic carbocycles. The largest absolute Gasteiger partial charge is 0.298 e. The number of carbonyl (C=O) groups is 1. The van der Waals surface area contributed by atoms with Crippen molar-refractivity contribution in [2.24, 2.45) is 14.9 Å². The highest BCUT2D eigenvalue weighted by molar-refractivity contribution is 7.84. The molecule has 0 aliphatic carbocycles. The summed E-state index contributed by atoms with van der Waals surface area (Å²) in [6.07, 6.45) is 1.86. The molecule has 1 heterocycles. The van der Waals surface area contributed by atoms with Crippen molar-refractivity contribution >= 4 is 16.7 Å². The summed E-state index contributed by atoms with van der Waals surface area (Å²) >= 11 is 0. The van der Waals surface area contributed by atoms with Gasteiger partial charge >= 0.3 is 0 Å². The van der Waals surface area contributed by atoms with Crippen molar-refractivity contribution < 1.29 is 4.79 Å². The molecule has 0 amide bonds. The Morgan fingerprint density at radius 1 is 1.70 bits per heavy atom. The highest BCUT2D eigenvalue weighted by Gasteiger charge is 2.10. The Morgan fingerprint density at radius 2 is 2.40 bits per heavy atom. The molecule has 0 fully saturated rings. The topological polar surface area (TPSA) is 57.4 Å². The molecule has 0 bridgehead atoms. The lowest BCUT2D eigenvalue weighted by Crippen LogP contribution is -2.22. The number of nitrogens with zero attached hydrogens (tertiary/aromatic N) is 4. The predicted octanol–water partition coefficient (Wildman–Crippen LogP) is 0.520. The first kappa shape index (κ1) is 7.33. The first-order valence-electron chi connectivity index (χ1n) is 2.75. The van der Waals surface area contributed by atoms with Crippen molar-refractivity contribution in [1.82, 2.24) is 4.41 Å². The Hall–Kier alpha value is -0.780. The van der Waals surface area contributed by atoms with Gasteiger partial charge in [0.2, 0.25) is 0 Å². The molecule has 6 heteroatoms. The van der Waals surface area contributed by atoms with E-state index in [4.69, 9.17) is 0 Å². The highest BCUT2D eigenvalue weighted by atomic mass is 32.2. The molecule has 1 aliphatic rings. The van der Waals surface area contributed by atoms with Gasteiger partial charge in [0.25, 0.3) is 0 Å². The summed E-state index contributed by atoms with van der Waals surface area (Å²) in [7, 11) is -0.327. The second-order valence-electron chi connectivity index (χ2n) is 1.92. The Labute approximate surface area is 61.3 Å². The first-order valence-corrected chi connectivity index (χ1v) is 4.29. The van der Waals surface area contributed by atoms with E-state index < -0.39 is 0 Å². The maximum Gasteiger partial charge on any atom is 0.151 e. The van der Waals surface area contributed by atoms with Crippen molar-refractivity contribution in [3.05, 3.63) is 0 Å². The minimum absolute atomic E-state index is 0.0791. The van der Waals surface area contributed by atoms with E-state index >= 15 is 0 Å². The van der Waals surface area contributed by atoms with Crippen LogP contribution in [0, 0.1) is 0 Å². The van der Waals surface area contributed by atoms with Crippen LogP contribution in [0.25, 0.3) is 0 Å². The van der Waals surface area contributed by atoms with E-state index in [1.54, 1.807) is 4.41 Å². The van der Waals surface area contributed by atoms with Crippen molar-refractivity contribution in [1.29, 1.82) is 0 Å². The average Bonchev–Trinajstić information content (AvgIpc) is 2.15. The van der Waals surface area contributed by atoms with Crippen molar-refractivity contribution in [3.63, 3.8) is 0 Å². The zero-order valence-corrected chi connectivity index (χ0v) is 6.63. The molecular formula is C4H8N4OS. The van der Waals surface area contributed by atoms with E-state index in [9.17, 15) is 4.79 Å². The molecule has 56 valence electrons. The lowest BCUT2D eigenvalue weighted by Gasteiger charge is -2.08. The summed E-state index contributed by atoms with van der Waals surface area (Å²) in [6.45, 7) is 1.83. The molecule has 0 spiro atoms. The molecule has 5 nitrogen and oxygen atoms in total. The van der Waals surface area contributed by atoms with Crippen LogP contribution in [-0.4, -0.2) is 23.0 Å². The quantitative estimate of drug-likeness (QED) is 0.591. The summed E-state index contributed by atoms with van der Waals surface area (Å²) in [5.74, 6) is 0.0791. The van der Waals surface area contributed by atoms with E-state index in [-0.39, 0.29) is 16.7 Å². The van der Waals surface area contributed by atoms with Crippen LogP contribution in [0.1, 0.15) is 6.92 Å². The Balaban J connectivity index is 2.51. The smallest absolute Gasteiger partial charge is 0.151 e. The van der Waals surface area contributed by atoms with Crippen molar-refractivity contribution in [2.75, 3.05) is 12.8 Å². The predicted molar refractivity (Wildman–Crippen MR) is 38.0 cm³/mol. The maximum atomic E-state index is 10.6. The summed E-state index contributed by atoms with van der Waals surface area (Å²) < 4.78 is 5.30. The fraction of sp³-hybridized carbons (Fsp3) is 0.750. The van der Waals surface area contributed by atoms with E-state index in [1.807, 2.05) is 6.26 Å². The minimum atomic E-state index is -0.327. The highest BCUT2D eigenvalue weighted by Crippen LogP contribution is 2.05. The van der Waals surface area contributed by atoms with Crippen LogP contribution in [0.2, 0.25) is 0 Å². The molecule has 1 atom stereocenters. The number of rotatable bonds is 2.